The Bertz CT molecular complexity index is 594. The van der Waals surface area contributed by atoms with E-state index in [9.17, 15) is 22.4 Å². The molecule has 3 unspecified atom stereocenters. The van der Waals surface area contributed by atoms with Crippen LogP contribution in [0, 0.1) is 11.7 Å². The molecule has 8 heteroatoms. The average Bonchev–Trinajstić information content (AvgIpc) is 2.92. The van der Waals surface area contributed by atoms with E-state index in [4.69, 9.17) is 0 Å². The van der Waals surface area contributed by atoms with E-state index in [1.165, 1.54) is 0 Å². The maximum atomic E-state index is 13.7. The number of carbonyl (C=O) groups is 1. The standard InChI is InChI=1S/C16H18F4N2O.ClH/c17-11-6-5-10(16(18,19)20)8-13(11)22-15(23)14-7-9-3-1-2-4-12(9)21-14;/h5-6,8-9,12,14,21H,1-4,7H2,(H,22,23);1H. The van der Waals surface area contributed by atoms with E-state index in [-0.39, 0.29) is 18.4 Å². The topological polar surface area (TPSA) is 41.1 Å². The number of benzene rings is 1. The lowest BCUT2D eigenvalue weighted by atomic mass is 9.85. The van der Waals surface area contributed by atoms with Crippen molar-refractivity contribution in [1.82, 2.24) is 5.32 Å². The molecule has 1 amide bonds. The minimum absolute atomic E-state index is 0. The Balaban J connectivity index is 0.00000208. The molecule has 1 saturated carbocycles. The zero-order valence-corrected chi connectivity index (χ0v) is 13.6. The summed E-state index contributed by atoms with van der Waals surface area (Å²) in [5.41, 5.74) is -1.41. The molecule has 1 aromatic carbocycles. The van der Waals surface area contributed by atoms with Crippen LogP contribution in [0.1, 0.15) is 37.7 Å². The average molecular weight is 367 g/mol. The minimum atomic E-state index is -4.58. The van der Waals surface area contributed by atoms with Gasteiger partial charge in [-0.05, 0) is 43.4 Å². The highest BCUT2D eigenvalue weighted by molar-refractivity contribution is 5.95. The Morgan fingerprint density at radius 1 is 1.21 bits per heavy atom. The minimum Gasteiger partial charge on any atom is -0.322 e. The Morgan fingerprint density at radius 3 is 2.58 bits per heavy atom. The lowest BCUT2D eigenvalue weighted by Crippen LogP contribution is -2.40. The van der Waals surface area contributed by atoms with Gasteiger partial charge in [0, 0.05) is 6.04 Å². The molecule has 2 aliphatic rings. The fourth-order valence-electron chi connectivity index (χ4n) is 3.54. The molecule has 2 fully saturated rings. The van der Waals surface area contributed by atoms with Crippen LogP contribution in [-0.2, 0) is 11.0 Å². The van der Waals surface area contributed by atoms with Crippen molar-refractivity contribution in [2.24, 2.45) is 5.92 Å². The molecule has 24 heavy (non-hydrogen) atoms. The van der Waals surface area contributed by atoms with Crippen molar-refractivity contribution < 1.29 is 22.4 Å². The molecule has 0 spiro atoms. The first kappa shape index (κ1) is 19.0. The summed E-state index contributed by atoms with van der Waals surface area (Å²) in [6, 6.07) is 1.82. The van der Waals surface area contributed by atoms with E-state index in [2.05, 4.69) is 10.6 Å². The van der Waals surface area contributed by atoms with E-state index in [0.717, 1.165) is 31.7 Å². The van der Waals surface area contributed by atoms with Crippen molar-refractivity contribution >= 4 is 24.0 Å². The Labute approximate surface area is 143 Å². The molecule has 3 nitrogen and oxygen atoms in total. The number of amides is 1. The van der Waals surface area contributed by atoms with E-state index in [0.29, 0.717) is 24.5 Å². The number of carbonyl (C=O) groups excluding carboxylic acids is 1. The van der Waals surface area contributed by atoms with Crippen LogP contribution < -0.4 is 10.6 Å². The largest absolute Gasteiger partial charge is 0.416 e. The predicted octanol–water partition coefficient (Wildman–Crippen LogP) is 4.13. The number of fused-ring (bicyclic) bond motifs is 1. The number of hydrogen-bond acceptors (Lipinski definition) is 2. The number of rotatable bonds is 2. The second-order valence-electron chi connectivity index (χ2n) is 6.29. The maximum Gasteiger partial charge on any atom is 0.416 e. The number of halogens is 5. The Morgan fingerprint density at radius 2 is 1.92 bits per heavy atom. The normalized spacial score (nSPS) is 26.4. The highest BCUT2D eigenvalue weighted by Gasteiger charge is 2.38. The molecule has 1 saturated heterocycles. The van der Waals surface area contributed by atoms with Gasteiger partial charge in [-0.25, -0.2) is 4.39 Å². The lowest BCUT2D eigenvalue weighted by Gasteiger charge is -2.24. The van der Waals surface area contributed by atoms with Gasteiger partial charge in [-0.2, -0.15) is 13.2 Å². The van der Waals surface area contributed by atoms with Crippen molar-refractivity contribution in [3.8, 4) is 0 Å². The van der Waals surface area contributed by atoms with Crippen LogP contribution in [0.25, 0.3) is 0 Å². The number of alkyl halides is 3. The van der Waals surface area contributed by atoms with Gasteiger partial charge in [0.25, 0.3) is 0 Å². The molecule has 134 valence electrons. The molecule has 1 heterocycles. The van der Waals surface area contributed by atoms with Gasteiger partial charge in [0.05, 0.1) is 17.3 Å². The van der Waals surface area contributed by atoms with E-state index >= 15 is 0 Å². The molecular formula is C16H19ClF4N2O. The van der Waals surface area contributed by atoms with Crippen molar-refractivity contribution in [1.29, 1.82) is 0 Å². The first-order valence-corrected chi connectivity index (χ1v) is 7.78. The second-order valence-corrected chi connectivity index (χ2v) is 6.29. The summed E-state index contributed by atoms with van der Waals surface area (Å²) in [7, 11) is 0. The molecule has 1 aliphatic heterocycles. The van der Waals surface area contributed by atoms with Gasteiger partial charge in [-0.3, -0.25) is 4.79 Å². The summed E-state index contributed by atoms with van der Waals surface area (Å²) in [5, 5.41) is 5.52. The highest BCUT2D eigenvalue weighted by Crippen LogP contribution is 2.34. The van der Waals surface area contributed by atoms with Crippen LogP contribution in [0.5, 0.6) is 0 Å². The van der Waals surface area contributed by atoms with Crippen molar-refractivity contribution in [2.45, 2.75) is 50.4 Å². The number of anilines is 1. The SMILES string of the molecule is Cl.O=C(Nc1cc(C(F)(F)F)ccc1F)C1CC2CCCCC2N1. The summed E-state index contributed by atoms with van der Waals surface area (Å²) < 4.78 is 51.8. The fraction of sp³-hybridized carbons (Fsp3) is 0.562. The van der Waals surface area contributed by atoms with Crippen molar-refractivity contribution in [3.63, 3.8) is 0 Å². The van der Waals surface area contributed by atoms with Gasteiger partial charge in [-0.1, -0.05) is 12.8 Å². The van der Waals surface area contributed by atoms with Gasteiger partial charge < -0.3 is 10.6 Å². The van der Waals surface area contributed by atoms with E-state index in [1.54, 1.807) is 0 Å². The van der Waals surface area contributed by atoms with Gasteiger partial charge >= 0.3 is 6.18 Å². The smallest absolute Gasteiger partial charge is 0.322 e. The fourth-order valence-corrected chi connectivity index (χ4v) is 3.54. The molecular weight excluding hydrogens is 348 g/mol. The molecule has 1 aliphatic carbocycles. The summed E-state index contributed by atoms with van der Waals surface area (Å²) in [6.45, 7) is 0. The summed E-state index contributed by atoms with van der Waals surface area (Å²) >= 11 is 0. The van der Waals surface area contributed by atoms with Crippen molar-refractivity contribution in [3.05, 3.63) is 29.6 Å². The summed E-state index contributed by atoms with van der Waals surface area (Å²) in [4.78, 5) is 12.2. The van der Waals surface area contributed by atoms with Crippen molar-refractivity contribution in [2.75, 3.05) is 5.32 Å². The summed E-state index contributed by atoms with van der Waals surface area (Å²) in [6.07, 6.45) is 0.390. The Kier molecular flexibility index (Phi) is 5.75. The molecule has 1 aromatic rings. The highest BCUT2D eigenvalue weighted by atomic mass is 35.5. The third-order valence-electron chi connectivity index (χ3n) is 4.73. The van der Waals surface area contributed by atoms with Gasteiger partial charge in [0.2, 0.25) is 5.91 Å². The molecule has 3 atom stereocenters. The first-order valence-electron chi connectivity index (χ1n) is 7.78. The molecule has 0 radical (unpaired) electrons. The van der Waals surface area contributed by atoms with E-state index in [1.807, 2.05) is 0 Å². The molecule has 3 rings (SSSR count). The third kappa shape index (κ3) is 4.00. The third-order valence-corrected chi connectivity index (χ3v) is 4.73. The zero-order valence-electron chi connectivity index (χ0n) is 12.8. The molecule has 2 N–H and O–H groups in total. The first-order chi connectivity index (χ1) is 10.8. The van der Waals surface area contributed by atoms with Gasteiger partial charge in [0.1, 0.15) is 5.82 Å². The number of nitrogens with one attached hydrogen (secondary N) is 2. The predicted molar refractivity (Wildman–Crippen MR) is 84.6 cm³/mol. The van der Waals surface area contributed by atoms with Crippen LogP contribution in [-0.4, -0.2) is 18.0 Å². The molecule has 0 aromatic heterocycles. The maximum absolute atomic E-state index is 13.7. The van der Waals surface area contributed by atoms with Gasteiger partial charge in [0.15, 0.2) is 0 Å². The lowest BCUT2D eigenvalue weighted by molar-refractivity contribution is -0.137. The van der Waals surface area contributed by atoms with Crippen LogP contribution in [0.3, 0.4) is 0 Å². The van der Waals surface area contributed by atoms with Gasteiger partial charge in [-0.15, -0.1) is 12.4 Å². The van der Waals surface area contributed by atoms with Crippen LogP contribution in [0.15, 0.2) is 18.2 Å². The van der Waals surface area contributed by atoms with E-state index < -0.39 is 35.2 Å². The summed E-state index contributed by atoms with van der Waals surface area (Å²) in [5.74, 6) is -0.926. The zero-order chi connectivity index (χ0) is 16.6. The van der Waals surface area contributed by atoms with Crippen LogP contribution in [0.4, 0.5) is 23.2 Å². The second kappa shape index (κ2) is 7.27. The van der Waals surface area contributed by atoms with Crippen LogP contribution >= 0.6 is 12.4 Å². The number of hydrogen-bond donors (Lipinski definition) is 2. The van der Waals surface area contributed by atoms with Crippen LogP contribution in [0.2, 0.25) is 0 Å². The Hall–Kier alpha value is -1.34. The molecule has 0 bridgehead atoms. The quantitative estimate of drug-likeness (QED) is 0.773. The monoisotopic (exact) mass is 366 g/mol.